The molecule has 0 saturated carbocycles. The van der Waals surface area contributed by atoms with Gasteiger partial charge in [-0.1, -0.05) is 5.21 Å². The second-order valence-corrected chi connectivity index (χ2v) is 7.68. The van der Waals surface area contributed by atoms with Crippen LogP contribution in [-0.2, 0) is 0 Å². The summed E-state index contributed by atoms with van der Waals surface area (Å²) in [7, 11) is 0. The summed E-state index contributed by atoms with van der Waals surface area (Å²) < 4.78 is 1.83. The molecule has 2 saturated heterocycles. The van der Waals surface area contributed by atoms with Crippen molar-refractivity contribution in [3.63, 3.8) is 0 Å². The third-order valence-corrected chi connectivity index (χ3v) is 5.92. The van der Waals surface area contributed by atoms with Crippen molar-refractivity contribution in [1.82, 2.24) is 35.1 Å². The maximum Gasteiger partial charge on any atom is 0.162 e. The molecule has 2 aromatic heterocycles. The summed E-state index contributed by atoms with van der Waals surface area (Å²) in [6.07, 6.45) is 7.84. The lowest BCUT2D eigenvalue weighted by atomic mass is 10.1. The predicted molar refractivity (Wildman–Crippen MR) is 107 cm³/mol. The van der Waals surface area contributed by atoms with Gasteiger partial charge in [-0.2, -0.15) is 5.26 Å². The maximum atomic E-state index is 9.38. The maximum absolute atomic E-state index is 9.38. The Kier molecular flexibility index (Phi) is 4.48. The van der Waals surface area contributed by atoms with Crippen LogP contribution in [-0.4, -0.2) is 68.2 Å². The van der Waals surface area contributed by atoms with Crippen LogP contribution in [0.4, 0.5) is 0 Å². The van der Waals surface area contributed by atoms with Gasteiger partial charge in [-0.15, -0.1) is 5.10 Å². The number of nitrogens with one attached hydrogen (secondary N) is 1. The summed E-state index contributed by atoms with van der Waals surface area (Å²) in [6.45, 7) is 5.25. The summed E-state index contributed by atoms with van der Waals surface area (Å²) in [4.78, 5) is 13.5. The van der Waals surface area contributed by atoms with Gasteiger partial charge in [-0.05, 0) is 31.9 Å². The van der Waals surface area contributed by atoms with E-state index in [1.807, 2.05) is 36.1 Å². The highest BCUT2D eigenvalue weighted by Crippen LogP contribution is 2.38. The number of nitriles is 1. The van der Waals surface area contributed by atoms with Crippen molar-refractivity contribution in [2.24, 2.45) is 4.99 Å². The standard InChI is InChI=1S/C20H23N9/c1-14-10-15(4-5-22-14)29-13-18(25-26-29)19-3-2-16-12-27(8-9-28(16)19)20-17(11-21)23-6-7-24-20/h4-5,7,10,13,16,19,23H,2-3,6,8-9,12H2,1H3/t16-,19+/m0/s1. The van der Waals surface area contributed by atoms with Crippen LogP contribution >= 0.6 is 0 Å². The number of allylic oxidation sites excluding steroid dienone is 1. The Morgan fingerprint density at radius 1 is 1.28 bits per heavy atom. The van der Waals surface area contributed by atoms with E-state index in [-0.39, 0.29) is 6.04 Å². The summed E-state index contributed by atoms with van der Waals surface area (Å²) >= 11 is 0. The highest BCUT2D eigenvalue weighted by molar-refractivity contribution is 5.64. The molecule has 29 heavy (non-hydrogen) atoms. The van der Waals surface area contributed by atoms with E-state index >= 15 is 0 Å². The van der Waals surface area contributed by atoms with Gasteiger partial charge >= 0.3 is 0 Å². The highest BCUT2D eigenvalue weighted by Gasteiger charge is 2.40. The molecule has 2 aromatic rings. The first-order valence-corrected chi connectivity index (χ1v) is 9.99. The first-order valence-electron chi connectivity index (χ1n) is 9.99. The summed E-state index contributed by atoms with van der Waals surface area (Å²) in [6, 6.07) is 6.92. The van der Waals surface area contributed by atoms with E-state index in [1.165, 1.54) is 0 Å². The number of rotatable bonds is 3. The number of pyridine rings is 1. The lowest BCUT2D eigenvalue weighted by Crippen LogP contribution is -2.50. The normalized spacial score (nSPS) is 24.3. The van der Waals surface area contributed by atoms with Crippen molar-refractivity contribution in [3.8, 4) is 11.8 Å². The molecule has 148 valence electrons. The molecule has 9 heteroatoms. The Hall–Kier alpha value is -3.25. The van der Waals surface area contributed by atoms with E-state index < -0.39 is 0 Å². The lowest BCUT2D eigenvalue weighted by Gasteiger charge is -2.41. The Bertz CT molecular complexity index is 1010. The Balaban J connectivity index is 1.32. The van der Waals surface area contributed by atoms with Gasteiger partial charge in [0.2, 0.25) is 0 Å². The van der Waals surface area contributed by atoms with Crippen molar-refractivity contribution >= 4 is 6.21 Å². The molecule has 0 amide bonds. The van der Waals surface area contributed by atoms with Crippen molar-refractivity contribution < 1.29 is 0 Å². The Labute approximate surface area is 169 Å². The average Bonchev–Trinajstić information content (AvgIpc) is 3.40. The smallest absolute Gasteiger partial charge is 0.162 e. The summed E-state index contributed by atoms with van der Waals surface area (Å²) in [5.74, 6) is 0.779. The van der Waals surface area contributed by atoms with Crippen LogP contribution in [0.25, 0.3) is 5.69 Å². The molecule has 0 aliphatic carbocycles. The first-order chi connectivity index (χ1) is 14.2. The SMILES string of the molecule is Cc1cc(-n2cc([C@H]3CC[C@H]4CN(C5=C(C#N)NCC=N5)CCN43)nn2)ccn1. The fourth-order valence-corrected chi connectivity index (χ4v) is 4.54. The van der Waals surface area contributed by atoms with Gasteiger partial charge in [-0.25, -0.2) is 9.67 Å². The van der Waals surface area contributed by atoms with Crippen LogP contribution in [0.3, 0.4) is 0 Å². The second kappa shape index (κ2) is 7.29. The van der Waals surface area contributed by atoms with Gasteiger partial charge in [0, 0.05) is 43.8 Å². The van der Waals surface area contributed by atoms with Crippen molar-refractivity contribution in [2.45, 2.75) is 31.8 Å². The minimum absolute atomic E-state index is 0.288. The van der Waals surface area contributed by atoms with Crippen molar-refractivity contribution in [3.05, 3.63) is 47.4 Å². The van der Waals surface area contributed by atoms with Crippen LogP contribution in [0, 0.1) is 18.3 Å². The topological polar surface area (TPSA) is 98.3 Å². The zero-order valence-electron chi connectivity index (χ0n) is 16.4. The number of nitrogens with zero attached hydrogens (tertiary/aromatic N) is 8. The average molecular weight is 389 g/mol. The lowest BCUT2D eigenvalue weighted by molar-refractivity contribution is 0.0947. The minimum Gasteiger partial charge on any atom is -0.368 e. The number of hydrogen-bond donors (Lipinski definition) is 1. The molecule has 0 spiro atoms. The number of aryl methyl sites for hydroxylation is 1. The first kappa shape index (κ1) is 17.8. The molecular weight excluding hydrogens is 366 g/mol. The molecule has 0 unspecified atom stereocenters. The molecule has 5 rings (SSSR count). The highest BCUT2D eigenvalue weighted by atomic mass is 15.4. The van der Waals surface area contributed by atoms with Crippen molar-refractivity contribution in [2.75, 3.05) is 26.2 Å². The van der Waals surface area contributed by atoms with Crippen LogP contribution in [0.5, 0.6) is 0 Å². The molecule has 9 nitrogen and oxygen atoms in total. The minimum atomic E-state index is 0.288. The van der Waals surface area contributed by atoms with Gasteiger partial charge in [0.25, 0.3) is 0 Å². The number of piperazine rings is 1. The molecule has 0 bridgehead atoms. The third kappa shape index (κ3) is 3.25. The number of aromatic nitrogens is 4. The van der Waals surface area contributed by atoms with Gasteiger partial charge in [-0.3, -0.25) is 9.88 Å². The molecule has 0 radical (unpaired) electrons. The van der Waals surface area contributed by atoms with Crippen LogP contribution < -0.4 is 5.32 Å². The molecule has 2 fully saturated rings. The monoisotopic (exact) mass is 389 g/mol. The van der Waals surface area contributed by atoms with E-state index in [2.05, 4.69) is 41.5 Å². The van der Waals surface area contributed by atoms with Gasteiger partial charge in [0.1, 0.15) is 11.8 Å². The molecule has 3 aliphatic rings. The van der Waals surface area contributed by atoms with Crippen LogP contribution in [0.1, 0.15) is 30.3 Å². The number of aliphatic imine (C=N–C) groups is 1. The zero-order valence-corrected chi connectivity index (χ0v) is 16.4. The van der Waals surface area contributed by atoms with E-state index in [9.17, 15) is 5.26 Å². The van der Waals surface area contributed by atoms with Crippen LogP contribution in [0.15, 0.2) is 41.0 Å². The van der Waals surface area contributed by atoms with E-state index in [1.54, 1.807) is 6.20 Å². The third-order valence-electron chi connectivity index (χ3n) is 5.92. The van der Waals surface area contributed by atoms with E-state index in [4.69, 9.17) is 0 Å². The van der Waals surface area contributed by atoms with Gasteiger partial charge in [0.15, 0.2) is 11.5 Å². The molecule has 3 aliphatic heterocycles. The van der Waals surface area contributed by atoms with Gasteiger partial charge < -0.3 is 10.2 Å². The Morgan fingerprint density at radius 2 is 2.21 bits per heavy atom. The Morgan fingerprint density at radius 3 is 3.07 bits per heavy atom. The number of fused-ring (bicyclic) bond motifs is 1. The molecule has 1 N–H and O–H groups in total. The summed E-state index contributed by atoms with van der Waals surface area (Å²) in [5.41, 5.74) is 3.53. The van der Waals surface area contributed by atoms with Crippen molar-refractivity contribution in [1.29, 1.82) is 5.26 Å². The number of hydrogen-bond acceptors (Lipinski definition) is 8. The second-order valence-electron chi connectivity index (χ2n) is 7.68. The van der Waals surface area contributed by atoms with E-state index in [0.717, 1.165) is 55.4 Å². The van der Waals surface area contributed by atoms with E-state index in [0.29, 0.717) is 18.3 Å². The predicted octanol–water partition coefficient (Wildman–Crippen LogP) is 1.16. The molecule has 0 aromatic carbocycles. The quantitative estimate of drug-likeness (QED) is 0.841. The fourth-order valence-electron chi connectivity index (χ4n) is 4.54. The molecular formula is C20H23N9. The molecule has 5 heterocycles. The van der Waals surface area contributed by atoms with Crippen LogP contribution in [0.2, 0.25) is 0 Å². The largest absolute Gasteiger partial charge is 0.368 e. The summed E-state index contributed by atoms with van der Waals surface area (Å²) in [5, 5.41) is 21.3. The fraction of sp³-hybridized carbons (Fsp3) is 0.450. The zero-order chi connectivity index (χ0) is 19.8. The van der Waals surface area contributed by atoms with Gasteiger partial charge in [0.05, 0.1) is 24.5 Å². The molecule has 2 atom stereocenters.